The molecule has 3 N–H and O–H groups in total. The molecule has 0 heterocycles. The number of anilines is 1. The molecule has 3 aromatic carbocycles. The molecule has 0 spiro atoms. The topological polar surface area (TPSA) is 180 Å². The van der Waals surface area contributed by atoms with Crippen LogP contribution in [0.1, 0.15) is 16.7 Å². The molecule has 36 heavy (non-hydrogen) atoms. The Morgan fingerprint density at radius 3 is 2.36 bits per heavy atom. The molecule has 0 unspecified atom stereocenters. The van der Waals surface area contributed by atoms with Crippen molar-refractivity contribution >= 4 is 37.7 Å². The Hall–Kier alpha value is -4.01. The van der Waals surface area contributed by atoms with Gasteiger partial charge in [0.05, 0.1) is 23.1 Å². The van der Waals surface area contributed by atoms with Gasteiger partial charge in [0.25, 0.3) is 5.69 Å². The molecule has 0 saturated carbocycles. The lowest BCUT2D eigenvalue weighted by Crippen LogP contribution is -2.12. The smallest absolute Gasteiger partial charge is 0.339 e. The molecule has 12 nitrogen and oxygen atoms in total. The van der Waals surface area contributed by atoms with Crippen molar-refractivity contribution in [3.05, 3.63) is 81.4 Å². The van der Waals surface area contributed by atoms with Gasteiger partial charge in [0.2, 0.25) is 10.0 Å². The lowest BCUT2D eigenvalue weighted by molar-refractivity contribution is -0.384. The molecule has 0 atom stereocenters. The molecule has 0 radical (unpaired) electrons. The van der Waals surface area contributed by atoms with E-state index in [1.165, 1.54) is 37.6 Å². The van der Waals surface area contributed by atoms with Gasteiger partial charge in [-0.05, 0) is 66.9 Å². The number of sulfonamides is 1. The van der Waals surface area contributed by atoms with Gasteiger partial charge in [-0.1, -0.05) is 12.1 Å². The van der Waals surface area contributed by atoms with E-state index in [2.05, 4.69) is 10.5 Å². The van der Waals surface area contributed by atoms with E-state index in [4.69, 9.17) is 14.1 Å². The van der Waals surface area contributed by atoms with Crippen molar-refractivity contribution in [1.29, 1.82) is 0 Å². The molecule has 0 bridgehead atoms. The van der Waals surface area contributed by atoms with Gasteiger partial charge in [-0.3, -0.25) is 15.5 Å². The Kier molecular flexibility index (Phi) is 7.62. The van der Waals surface area contributed by atoms with Gasteiger partial charge < -0.3 is 8.92 Å². The van der Waals surface area contributed by atoms with E-state index in [9.17, 15) is 26.9 Å². The van der Waals surface area contributed by atoms with E-state index >= 15 is 0 Å². The van der Waals surface area contributed by atoms with Crippen LogP contribution in [-0.2, 0) is 20.1 Å². The predicted octanol–water partition coefficient (Wildman–Crippen LogP) is 3.08. The van der Waals surface area contributed by atoms with Crippen LogP contribution in [0.15, 0.2) is 69.5 Å². The summed E-state index contributed by atoms with van der Waals surface area (Å²) in [5.41, 5.74) is 3.58. The molecule has 3 rings (SSSR count). The number of nitro groups is 1. The molecule has 14 heteroatoms. The van der Waals surface area contributed by atoms with Gasteiger partial charge in [-0.25, -0.2) is 13.6 Å². The minimum Gasteiger partial charge on any atom is -0.493 e. The largest absolute Gasteiger partial charge is 0.493 e. The molecule has 0 aliphatic heterocycles. The van der Waals surface area contributed by atoms with Crippen LogP contribution in [0.4, 0.5) is 11.4 Å². The number of aryl methyl sites for hydroxylation is 2. The molecule has 0 aliphatic rings. The number of rotatable bonds is 9. The standard InChI is InChI=1S/C22H22N4O8S2/c1-14-4-5-15(2)22(10-14)36(31,32)34-20-9-6-16(11-21(20)33-3)13-24-25-18-8-7-17(35(23,29)30)12-19(18)26(27)28/h4-13,25H,1-3H3,(H2,23,29,30)/b24-13-. The van der Waals surface area contributed by atoms with E-state index in [0.717, 1.165) is 23.8 Å². The summed E-state index contributed by atoms with van der Waals surface area (Å²) in [7, 11) is -6.92. The number of primary sulfonamides is 1. The molecule has 0 amide bonds. The zero-order valence-corrected chi connectivity index (χ0v) is 21.0. The first-order valence-electron chi connectivity index (χ1n) is 10.1. The molecule has 0 saturated heterocycles. The van der Waals surface area contributed by atoms with Crippen molar-refractivity contribution in [1.82, 2.24) is 0 Å². The second-order valence-electron chi connectivity index (χ2n) is 7.57. The van der Waals surface area contributed by atoms with Crippen molar-refractivity contribution in [2.24, 2.45) is 10.2 Å². The summed E-state index contributed by atoms with van der Waals surface area (Å²) in [4.78, 5) is 10.1. The highest BCUT2D eigenvalue weighted by Gasteiger charge is 2.22. The number of hydrogen-bond acceptors (Lipinski definition) is 10. The predicted molar refractivity (Wildman–Crippen MR) is 132 cm³/mol. The Morgan fingerprint density at radius 1 is 1.00 bits per heavy atom. The van der Waals surface area contributed by atoms with Gasteiger partial charge in [-0.2, -0.15) is 13.5 Å². The summed E-state index contributed by atoms with van der Waals surface area (Å²) in [6, 6.07) is 12.4. The van der Waals surface area contributed by atoms with Crippen molar-refractivity contribution in [3.8, 4) is 11.5 Å². The van der Waals surface area contributed by atoms with E-state index in [0.29, 0.717) is 11.1 Å². The quantitative estimate of drug-likeness (QED) is 0.180. The maximum atomic E-state index is 12.8. The highest BCUT2D eigenvalue weighted by molar-refractivity contribution is 7.89. The zero-order valence-electron chi connectivity index (χ0n) is 19.3. The van der Waals surface area contributed by atoms with E-state index < -0.39 is 35.6 Å². The fourth-order valence-electron chi connectivity index (χ4n) is 3.08. The monoisotopic (exact) mass is 534 g/mol. The third-order valence-electron chi connectivity index (χ3n) is 4.89. The Labute approximate surface area is 207 Å². The van der Waals surface area contributed by atoms with Gasteiger partial charge in [0.1, 0.15) is 10.6 Å². The lowest BCUT2D eigenvalue weighted by atomic mass is 10.2. The number of nitro benzene ring substituents is 1. The normalized spacial score (nSPS) is 11.9. The highest BCUT2D eigenvalue weighted by Crippen LogP contribution is 2.32. The van der Waals surface area contributed by atoms with E-state index in [1.807, 2.05) is 0 Å². The molecule has 0 fully saturated rings. The van der Waals surface area contributed by atoms with Crippen LogP contribution in [0.3, 0.4) is 0 Å². The summed E-state index contributed by atoms with van der Waals surface area (Å²) < 4.78 is 59.1. The van der Waals surface area contributed by atoms with Gasteiger partial charge in [0, 0.05) is 6.07 Å². The SMILES string of the molecule is COc1cc(/C=N\Nc2ccc(S(N)(=O)=O)cc2[N+](=O)[O-])ccc1OS(=O)(=O)c1cc(C)ccc1C. The Balaban J connectivity index is 1.83. The van der Waals surface area contributed by atoms with Gasteiger partial charge >= 0.3 is 10.1 Å². The lowest BCUT2D eigenvalue weighted by Gasteiger charge is -2.13. The summed E-state index contributed by atoms with van der Waals surface area (Å²) in [6.45, 7) is 3.43. The average molecular weight is 535 g/mol. The maximum absolute atomic E-state index is 12.8. The van der Waals surface area contributed by atoms with Gasteiger partial charge in [0.15, 0.2) is 11.5 Å². The van der Waals surface area contributed by atoms with Crippen LogP contribution in [0.25, 0.3) is 0 Å². The number of ether oxygens (including phenoxy) is 1. The van der Waals surface area contributed by atoms with Crippen LogP contribution in [0, 0.1) is 24.0 Å². The summed E-state index contributed by atoms with van der Waals surface area (Å²) in [6.07, 6.45) is 1.29. The summed E-state index contributed by atoms with van der Waals surface area (Å²) in [5, 5.41) is 20.2. The fourth-order valence-corrected chi connectivity index (χ4v) is 4.87. The van der Waals surface area contributed by atoms with Crippen LogP contribution in [0.5, 0.6) is 11.5 Å². The van der Waals surface area contributed by atoms with Crippen molar-refractivity contribution in [2.75, 3.05) is 12.5 Å². The number of nitrogens with two attached hydrogens (primary N) is 1. The number of hydrogen-bond donors (Lipinski definition) is 2. The number of methoxy groups -OCH3 is 1. The second-order valence-corrected chi connectivity index (χ2v) is 10.6. The molecular weight excluding hydrogens is 512 g/mol. The first kappa shape index (κ1) is 26.6. The fraction of sp³-hybridized carbons (Fsp3) is 0.136. The molecular formula is C22H22N4O8S2. The number of benzene rings is 3. The van der Waals surface area contributed by atoms with Crippen molar-refractivity contribution in [2.45, 2.75) is 23.6 Å². The number of nitrogens with one attached hydrogen (secondary N) is 1. The molecule has 0 aliphatic carbocycles. The Morgan fingerprint density at radius 2 is 1.72 bits per heavy atom. The zero-order chi connectivity index (χ0) is 26.7. The number of hydrazone groups is 1. The maximum Gasteiger partial charge on any atom is 0.339 e. The van der Waals surface area contributed by atoms with Crippen LogP contribution < -0.4 is 19.5 Å². The highest BCUT2D eigenvalue weighted by atomic mass is 32.2. The minimum absolute atomic E-state index is 0.0365. The third kappa shape index (κ3) is 6.16. The van der Waals surface area contributed by atoms with Crippen LogP contribution in [0.2, 0.25) is 0 Å². The average Bonchev–Trinajstić information content (AvgIpc) is 2.80. The van der Waals surface area contributed by atoms with E-state index in [-0.39, 0.29) is 22.1 Å². The summed E-state index contributed by atoms with van der Waals surface area (Å²) in [5.74, 6) is 0.0639. The first-order chi connectivity index (χ1) is 16.8. The minimum atomic E-state index is -4.13. The summed E-state index contributed by atoms with van der Waals surface area (Å²) >= 11 is 0. The molecule has 0 aromatic heterocycles. The van der Waals surface area contributed by atoms with Crippen molar-refractivity contribution < 1.29 is 30.7 Å². The number of nitrogens with zero attached hydrogens (tertiary/aromatic N) is 2. The second kappa shape index (κ2) is 10.3. The Bertz CT molecular complexity index is 1570. The van der Waals surface area contributed by atoms with Crippen LogP contribution >= 0.6 is 0 Å². The first-order valence-corrected chi connectivity index (χ1v) is 13.1. The third-order valence-corrected chi connectivity index (χ3v) is 7.18. The van der Waals surface area contributed by atoms with Crippen molar-refractivity contribution in [3.63, 3.8) is 0 Å². The molecule has 3 aromatic rings. The van der Waals surface area contributed by atoms with E-state index in [1.54, 1.807) is 26.0 Å². The van der Waals surface area contributed by atoms with Crippen LogP contribution in [-0.4, -0.2) is 35.1 Å². The molecule has 190 valence electrons. The van der Waals surface area contributed by atoms with Gasteiger partial charge in [-0.15, -0.1) is 0 Å².